The van der Waals surface area contributed by atoms with Gasteiger partial charge in [0.05, 0.1) is 19.6 Å². The van der Waals surface area contributed by atoms with E-state index in [1.807, 2.05) is 38.1 Å². The van der Waals surface area contributed by atoms with Crippen molar-refractivity contribution < 1.29 is 18.7 Å². The van der Waals surface area contributed by atoms with Crippen LogP contribution in [0.1, 0.15) is 61.8 Å². The Balaban J connectivity index is 1.88. The van der Waals surface area contributed by atoms with Crippen molar-refractivity contribution in [3.63, 3.8) is 0 Å². The lowest BCUT2D eigenvalue weighted by Gasteiger charge is -2.29. The predicted octanol–water partition coefficient (Wildman–Crippen LogP) is 4.74. The van der Waals surface area contributed by atoms with Gasteiger partial charge in [0.1, 0.15) is 11.5 Å². The minimum atomic E-state index is -0.583. The zero-order valence-electron chi connectivity index (χ0n) is 21.1. The fraction of sp³-hybridized carbons (Fsp3) is 0.370. The van der Waals surface area contributed by atoms with E-state index < -0.39 is 17.8 Å². The average Bonchev–Trinajstić information content (AvgIpc) is 3.23. The quantitative estimate of drug-likeness (QED) is 0.488. The number of nitrogens with zero attached hydrogens (tertiary/aromatic N) is 2. The molecule has 1 aromatic heterocycles. The zero-order chi connectivity index (χ0) is 25.8. The summed E-state index contributed by atoms with van der Waals surface area (Å²) < 4.78 is 20.9. The molecule has 2 atom stereocenters. The Labute approximate surface area is 205 Å². The maximum Gasteiger partial charge on any atom is 0.272 e. The SMILES string of the molecule is COc1cc(C(=O)N[C@@H](CC(=O)N[C@H](C)C(C)(C)C)c2ccccc2C)nn1-c1ccccc1F. The van der Waals surface area contributed by atoms with Gasteiger partial charge in [-0.1, -0.05) is 57.2 Å². The highest BCUT2D eigenvalue weighted by molar-refractivity contribution is 5.93. The molecule has 0 spiro atoms. The minimum absolute atomic E-state index is 0.0483. The van der Waals surface area contributed by atoms with E-state index in [1.54, 1.807) is 18.2 Å². The molecule has 0 radical (unpaired) electrons. The van der Waals surface area contributed by atoms with Crippen LogP contribution in [0.15, 0.2) is 54.6 Å². The molecule has 8 heteroatoms. The monoisotopic (exact) mass is 480 g/mol. The largest absolute Gasteiger partial charge is 0.481 e. The van der Waals surface area contributed by atoms with Crippen molar-refractivity contribution in [2.45, 2.75) is 53.1 Å². The molecule has 0 aliphatic rings. The molecule has 1 heterocycles. The van der Waals surface area contributed by atoms with Gasteiger partial charge in [-0.15, -0.1) is 0 Å². The Morgan fingerprint density at radius 3 is 2.37 bits per heavy atom. The first kappa shape index (κ1) is 25.9. The number of nitrogens with one attached hydrogen (secondary N) is 2. The van der Waals surface area contributed by atoms with Crippen molar-refractivity contribution in [1.29, 1.82) is 0 Å². The van der Waals surface area contributed by atoms with Gasteiger partial charge in [-0.05, 0) is 42.5 Å². The Bertz CT molecular complexity index is 1200. The summed E-state index contributed by atoms with van der Waals surface area (Å²) in [4.78, 5) is 26.1. The highest BCUT2D eigenvalue weighted by Crippen LogP contribution is 2.25. The molecular formula is C27H33FN4O3. The molecular weight excluding hydrogens is 447 g/mol. The number of carbonyl (C=O) groups excluding carboxylic acids is 2. The van der Waals surface area contributed by atoms with Crippen molar-refractivity contribution in [2.75, 3.05) is 7.11 Å². The van der Waals surface area contributed by atoms with Crippen LogP contribution in [-0.4, -0.2) is 34.7 Å². The van der Waals surface area contributed by atoms with E-state index in [0.717, 1.165) is 11.1 Å². The summed E-state index contributed by atoms with van der Waals surface area (Å²) in [5.74, 6) is -0.952. The molecule has 2 N–H and O–H groups in total. The summed E-state index contributed by atoms with van der Waals surface area (Å²) in [5.41, 5.74) is 1.89. The molecule has 2 amide bonds. The van der Waals surface area contributed by atoms with Crippen LogP contribution in [0.4, 0.5) is 4.39 Å². The van der Waals surface area contributed by atoms with Gasteiger partial charge in [-0.2, -0.15) is 9.78 Å². The second kappa shape index (κ2) is 10.7. The maximum absolute atomic E-state index is 14.3. The van der Waals surface area contributed by atoms with E-state index >= 15 is 0 Å². The van der Waals surface area contributed by atoms with Crippen molar-refractivity contribution in [1.82, 2.24) is 20.4 Å². The molecule has 0 fully saturated rings. The van der Waals surface area contributed by atoms with Crippen LogP contribution >= 0.6 is 0 Å². The number of hydrogen-bond acceptors (Lipinski definition) is 4. The zero-order valence-corrected chi connectivity index (χ0v) is 21.1. The Morgan fingerprint density at radius 1 is 1.09 bits per heavy atom. The van der Waals surface area contributed by atoms with Crippen LogP contribution < -0.4 is 15.4 Å². The molecule has 0 saturated heterocycles. The number of rotatable bonds is 8. The molecule has 0 unspecified atom stereocenters. The van der Waals surface area contributed by atoms with Crippen LogP contribution in [0.25, 0.3) is 5.69 Å². The maximum atomic E-state index is 14.3. The van der Waals surface area contributed by atoms with Crippen LogP contribution in [-0.2, 0) is 4.79 Å². The summed E-state index contributed by atoms with van der Waals surface area (Å²) in [5, 5.41) is 10.3. The molecule has 3 rings (SSSR count). The normalized spacial score (nSPS) is 13.1. The molecule has 0 saturated carbocycles. The highest BCUT2D eigenvalue weighted by atomic mass is 19.1. The third-order valence-electron chi connectivity index (χ3n) is 6.13. The Kier molecular flexibility index (Phi) is 7.94. The standard InChI is InChI=1S/C27H33FN4O3/c1-17-11-7-8-12-19(17)21(15-24(33)29-18(2)27(3,4)5)30-26(34)22-16-25(35-6)32(31-22)23-14-10-9-13-20(23)28/h7-14,16,18,21H,15H2,1-6H3,(H,29,33)(H,30,34)/t18-,21+/m1/s1. The van der Waals surface area contributed by atoms with E-state index in [2.05, 4.69) is 36.5 Å². The number of carbonyl (C=O) groups is 2. The van der Waals surface area contributed by atoms with Crippen molar-refractivity contribution in [3.05, 3.63) is 77.2 Å². The molecule has 0 bridgehead atoms. The number of ether oxygens (including phenoxy) is 1. The number of aryl methyl sites for hydroxylation is 1. The second-order valence-electron chi connectivity index (χ2n) is 9.68. The van der Waals surface area contributed by atoms with Crippen LogP contribution in [0.3, 0.4) is 0 Å². The first-order valence-electron chi connectivity index (χ1n) is 11.6. The lowest BCUT2D eigenvalue weighted by atomic mass is 9.88. The van der Waals surface area contributed by atoms with Crippen molar-refractivity contribution in [2.24, 2.45) is 5.41 Å². The van der Waals surface area contributed by atoms with Gasteiger partial charge in [0.2, 0.25) is 11.8 Å². The topological polar surface area (TPSA) is 85.2 Å². The summed E-state index contributed by atoms with van der Waals surface area (Å²) in [6.07, 6.45) is 0.0577. The molecule has 7 nitrogen and oxygen atoms in total. The van der Waals surface area contributed by atoms with Gasteiger partial charge >= 0.3 is 0 Å². The summed E-state index contributed by atoms with van der Waals surface area (Å²) >= 11 is 0. The van der Waals surface area contributed by atoms with E-state index in [9.17, 15) is 14.0 Å². The van der Waals surface area contributed by atoms with E-state index in [4.69, 9.17) is 4.74 Å². The molecule has 186 valence electrons. The predicted molar refractivity (Wildman–Crippen MR) is 133 cm³/mol. The fourth-order valence-electron chi connectivity index (χ4n) is 3.57. The first-order chi connectivity index (χ1) is 16.5. The smallest absolute Gasteiger partial charge is 0.272 e. The van der Waals surface area contributed by atoms with Crippen LogP contribution in [0, 0.1) is 18.2 Å². The number of methoxy groups -OCH3 is 1. The lowest BCUT2D eigenvalue weighted by molar-refractivity contribution is -0.122. The van der Waals surface area contributed by atoms with Gasteiger partial charge in [-0.25, -0.2) is 4.39 Å². The van der Waals surface area contributed by atoms with E-state index in [1.165, 1.54) is 23.9 Å². The van der Waals surface area contributed by atoms with E-state index in [0.29, 0.717) is 0 Å². The van der Waals surface area contributed by atoms with Crippen molar-refractivity contribution >= 4 is 11.8 Å². The molecule has 0 aliphatic heterocycles. The second-order valence-corrected chi connectivity index (χ2v) is 9.68. The van der Waals surface area contributed by atoms with E-state index in [-0.39, 0.29) is 41.0 Å². The Hall–Kier alpha value is -3.68. The van der Waals surface area contributed by atoms with Gasteiger partial charge in [0, 0.05) is 12.1 Å². The number of halogens is 1. The number of amides is 2. The molecule has 2 aromatic carbocycles. The van der Waals surface area contributed by atoms with Crippen LogP contribution in [0.5, 0.6) is 5.88 Å². The number of hydrogen-bond donors (Lipinski definition) is 2. The molecule has 35 heavy (non-hydrogen) atoms. The third-order valence-corrected chi connectivity index (χ3v) is 6.13. The van der Waals surface area contributed by atoms with Gasteiger partial charge in [0.25, 0.3) is 5.91 Å². The van der Waals surface area contributed by atoms with Crippen LogP contribution in [0.2, 0.25) is 0 Å². The summed E-state index contributed by atoms with van der Waals surface area (Å²) in [6, 6.07) is 14.5. The Morgan fingerprint density at radius 2 is 1.74 bits per heavy atom. The first-order valence-corrected chi connectivity index (χ1v) is 11.6. The molecule has 3 aromatic rings. The summed E-state index contributed by atoms with van der Waals surface area (Å²) in [7, 11) is 1.42. The van der Waals surface area contributed by atoms with Gasteiger partial charge in [-0.3, -0.25) is 9.59 Å². The minimum Gasteiger partial charge on any atom is -0.481 e. The van der Waals surface area contributed by atoms with Gasteiger partial charge < -0.3 is 15.4 Å². The van der Waals surface area contributed by atoms with Gasteiger partial charge in [0.15, 0.2) is 5.69 Å². The molecule has 0 aliphatic carbocycles. The summed E-state index contributed by atoms with van der Waals surface area (Å²) in [6.45, 7) is 10.1. The number of para-hydroxylation sites is 1. The average molecular weight is 481 g/mol. The number of aromatic nitrogens is 2. The number of benzene rings is 2. The van der Waals surface area contributed by atoms with Crippen molar-refractivity contribution in [3.8, 4) is 11.6 Å². The fourth-order valence-corrected chi connectivity index (χ4v) is 3.57. The lowest BCUT2D eigenvalue weighted by Crippen LogP contribution is -2.43. The highest BCUT2D eigenvalue weighted by Gasteiger charge is 2.26. The third kappa shape index (κ3) is 6.26.